The number of H-pyrrole nitrogens is 1. The van der Waals surface area contributed by atoms with Gasteiger partial charge in [-0.3, -0.25) is 0 Å². The molecule has 0 aliphatic heterocycles. The van der Waals surface area contributed by atoms with Crippen molar-refractivity contribution in [2.45, 2.75) is 6.92 Å². The number of allylic oxidation sites excluding steroid dienone is 1. The lowest BCUT2D eigenvalue weighted by atomic mass is 10.0. The molecule has 0 aliphatic rings. The Morgan fingerprint density at radius 1 is 1.10 bits per heavy atom. The fourth-order valence-electron chi connectivity index (χ4n) is 2.29. The zero-order valence-corrected chi connectivity index (χ0v) is 11.9. The maximum absolute atomic E-state index is 5.79. The lowest BCUT2D eigenvalue weighted by molar-refractivity contribution is 0.484. The Kier molecular flexibility index (Phi) is 3.55. The van der Waals surface area contributed by atoms with Gasteiger partial charge in [-0.25, -0.2) is 0 Å². The molecule has 1 heterocycles. The average Bonchev–Trinajstić information content (AvgIpc) is 3.01. The molecule has 21 heavy (non-hydrogen) atoms. The zero-order chi connectivity index (χ0) is 14.7. The lowest BCUT2D eigenvalue weighted by Crippen LogP contribution is -1.95. The molecule has 0 aliphatic carbocycles. The Bertz CT molecular complexity index is 792. The van der Waals surface area contributed by atoms with Crippen molar-refractivity contribution in [2.24, 2.45) is 0 Å². The molecular weight excluding hydrogens is 264 g/mol. The second kappa shape index (κ2) is 5.66. The highest BCUT2D eigenvalue weighted by Gasteiger charge is 2.14. The summed E-state index contributed by atoms with van der Waals surface area (Å²) in [5.41, 5.74) is 4.54. The van der Waals surface area contributed by atoms with Crippen LogP contribution in [-0.4, -0.2) is 22.5 Å². The van der Waals surface area contributed by atoms with Crippen LogP contribution >= 0.6 is 0 Å². The summed E-state index contributed by atoms with van der Waals surface area (Å²) in [5.74, 6) is 0.772. The Labute approximate surface area is 122 Å². The Morgan fingerprint density at radius 3 is 2.71 bits per heavy atom. The maximum atomic E-state index is 5.79. The number of benzene rings is 2. The number of para-hydroxylation sites is 2. The topological polar surface area (TPSA) is 62.8 Å². The third-order valence-electron chi connectivity index (χ3n) is 3.24. The molecule has 0 amide bonds. The molecule has 1 aromatic heterocycles. The second-order valence-corrected chi connectivity index (χ2v) is 4.52. The van der Waals surface area contributed by atoms with E-state index in [0.29, 0.717) is 0 Å². The van der Waals surface area contributed by atoms with Crippen molar-refractivity contribution in [3.63, 3.8) is 0 Å². The monoisotopic (exact) mass is 280 g/mol. The van der Waals surface area contributed by atoms with Gasteiger partial charge < -0.3 is 10.1 Å². The van der Waals surface area contributed by atoms with Gasteiger partial charge in [0.1, 0.15) is 11.0 Å². The number of rotatable bonds is 4. The number of aromatic amines is 1. The van der Waals surface area contributed by atoms with E-state index in [1.165, 1.54) is 0 Å². The first kappa shape index (κ1) is 13.2. The fourth-order valence-corrected chi connectivity index (χ4v) is 2.29. The van der Waals surface area contributed by atoms with Crippen LogP contribution in [-0.2, 0) is 0 Å². The summed E-state index contributed by atoms with van der Waals surface area (Å²) < 4.78 is 5.79. The highest BCUT2D eigenvalue weighted by Crippen LogP contribution is 2.38. The van der Waals surface area contributed by atoms with Gasteiger partial charge in [0, 0.05) is 18.2 Å². The number of nitrogens with zero attached hydrogens (tertiary/aromatic N) is 2. The first-order chi connectivity index (χ1) is 10.3. The van der Waals surface area contributed by atoms with Crippen LogP contribution in [0.1, 0.15) is 6.92 Å². The molecule has 106 valence electrons. The average molecular weight is 280 g/mol. The van der Waals surface area contributed by atoms with Gasteiger partial charge in [0.15, 0.2) is 5.75 Å². The predicted molar refractivity (Wildman–Crippen MR) is 84.3 cm³/mol. The molecule has 2 aromatic carbocycles. The molecular formula is C16H16N4O. The number of fused-ring (bicyclic) bond motifs is 1. The number of aromatic nitrogens is 3. The molecule has 2 N–H and O–H groups in total. The Hall–Kier alpha value is -2.82. The Balaban J connectivity index is 2.24. The molecule has 0 saturated carbocycles. The fraction of sp³-hybridized carbons (Fsp3) is 0.125. The molecule has 5 nitrogen and oxygen atoms in total. The molecule has 0 bridgehead atoms. The Morgan fingerprint density at radius 2 is 1.90 bits per heavy atom. The van der Waals surface area contributed by atoms with Gasteiger partial charge >= 0.3 is 0 Å². The summed E-state index contributed by atoms with van der Waals surface area (Å²) in [5, 5.41) is 14.2. The van der Waals surface area contributed by atoms with Crippen molar-refractivity contribution >= 4 is 16.7 Å². The van der Waals surface area contributed by atoms with Gasteiger partial charge in [0.2, 0.25) is 0 Å². The minimum absolute atomic E-state index is 0.772. The smallest absolute Gasteiger partial charge is 0.157 e. The van der Waals surface area contributed by atoms with Gasteiger partial charge in [-0.05, 0) is 19.1 Å². The van der Waals surface area contributed by atoms with E-state index < -0.39 is 0 Å². The summed E-state index contributed by atoms with van der Waals surface area (Å²) in [4.78, 5) is 0. The molecule has 0 radical (unpaired) electrons. The zero-order valence-electron chi connectivity index (χ0n) is 11.9. The number of nitrogens with one attached hydrogen (secondary N) is 2. The van der Waals surface area contributed by atoms with Gasteiger partial charge in [-0.15, -0.1) is 0 Å². The molecule has 3 rings (SSSR count). The third kappa shape index (κ3) is 2.33. The second-order valence-electron chi connectivity index (χ2n) is 4.52. The largest absolute Gasteiger partial charge is 0.463 e. The molecule has 0 spiro atoms. The van der Waals surface area contributed by atoms with E-state index in [1.807, 2.05) is 56.4 Å². The molecule has 3 aromatic rings. The summed E-state index contributed by atoms with van der Waals surface area (Å²) in [7, 11) is 1.87. The molecule has 5 heteroatoms. The number of hydrogen-bond acceptors (Lipinski definition) is 4. The van der Waals surface area contributed by atoms with Crippen molar-refractivity contribution in [2.75, 3.05) is 12.4 Å². The highest BCUT2D eigenvalue weighted by molar-refractivity contribution is 5.94. The molecule has 0 fully saturated rings. The van der Waals surface area contributed by atoms with Crippen molar-refractivity contribution < 1.29 is 4.74 Å². The minimum atomic E-state index is 0.772. The quantitative estimate of drug-likeness (QED) is 0.717. The van der Waals surface area contributed by atoms with Gasteiger partial charge in [-0.2, -0.15) is 15.4 Å². The van der Waals surface area contributed by atoms with Crippen LogP contribution in [0.25, 0.3) is 22.2 Å². The van der Waals surface area contributed by atoms with Gasteiger partial charge in [0.25, 0.3) is 0 Å². The lowest BCUT2D eigenvalue weighted by Gasteiger charge is -2.13. The number of anilines is 1. The summed E-state index contributed by atoms with van der Waals surface area (Å²) in [6.07, 6.45) is 3.52. The first-order valence-corrected chi connectivity index (χ1v) is 6.73. The van der Waals surface area contributed by atoms with Crippen molar-refractivity contribution in [1.29, 1.82) is 0 Å². The van der Waals surface area contributed by atoms with Crippen molar-refractivity contribution in [3.05, 3.63) is 48.7 Å². The van der Waals surface area contributed by atoms with Gasteiger partial charge in [-0.1, -0.05) is 30.3 Å². The van der Waals surface area contributed by atoms with E-state index in [4.69, 9.17) is 4.74 Å². The molecule has 0 atom stereocenters. The minimum Gasteiger partial charge on any atom is -0.463 e. The highest BCUT2D eigenvalue weighted by atomic mass is 16.5. The summed E-state index contributed by atoms with van der Waals surface area (Å²) in [6.45, 7) is 1.92. The van der Waals surface area contributed by atoms with Crippen LogP contribution in [0, 0.1) is 0 Å². The standard InChI is InChI=1S/C16H16N4O/c1-3-10-21-16-12(7-5-9-14(16)17-2)11-6-4-8-13-15(11)19-20-18-13/h3-10,17H,1-2H3,(H,18,19,20). The van der Waals surface area contributed by atoms with Crippen LogP contribution in [0.15, 0.2) is 48.7 Å². The third-order valence-corrected chi connectivity index (χ3v) is 3.24. The van der Waals surface area contributed by atoms with E-state index in [-0.39, 0.29) is 0 Å². The van der Waals surface area contributed by atoms with Crippen molar-refractivity contribution in [3.8, 4) is 16.9 Å². The number of ether oxygens (including phenoxy) is 1. The van der Waals surface area contributed by atoms with Crippen LogP contribution < -0.4 is 10.1 Å². The van der Waals surface area contributed by atoms with Crippen LogP contribution in [0.5, 0.6) is 5.75 Å². The van der Waals surface area contributed by atoms with E-state index in [9.17, 15) is 0 Å². The van der Waals surface area contributed by atoms with E-state index >= 15 is 0 Å². The first-order valence-electron chi connectivity index (χ1n) is 6.73. The SMILES string of the molecule is CC=COc1c(NC)cccc1-c1cccc2n[nH]nc12. The van der Waals surface area contributed by atoms with E-state index in [0.717, 1.165) is 33.6 Å². The van der Waals surface area contributed by atoms with Crippen LogP contribution in [0.2, 0.25) is 0 Å². The maximum Gasteiger partial charge on any atom is 0.157 e. The van der Waals surface area contributed by atoms with Crippen LogP contribution in [0.3, 0.4) is 0 Å². The normalized spacial score (nSPS) is 11.1. The summed E-state index contributed by atoms with van der Waals surface area (Å²) >= 11 is 0. The number of hydrogen-bond donors (Lipinski definition) is 2. The molecule has 0 unspecified atom stereocenters. The van der Waals surface area contributed by atoms with Crippen LogP contribution in [0.4, 0.5) is 5.69 Å². The van der Waals surface area contributed by atoms with Gasteiger partial charge in [0.05, 0.1) is 11.9 Å². The predicted octanol–water partition coefficient (Wildman–Crippen LogP) is 3.58. The van der Waals surface area contributed by atoms with Crippen molar-refractivity contribution in [1.82, 2.24) is 15.4 Å². The van der Waals surface area contributed by atoms with E-state index in [2.05, 4.69) is 20.7 Å². The van der Waals surface area contributed by atoms with E-state index in [1.54, 1.807) is 6.26 Å². The molecule has 0 saturated heterocycles. The summed E-state index contributed by atoms with van der Waals surface area (Å²) in [6, 6.07) is 11.9.